The van der Waals surface area contributed by atoms with Gasteiger partial charge < -0.3 is 15.4 Å². The maximum atomic E-state index is 5.23. The zero-order valence-corrected chi connectivity index (χ0v) is 7.97. The number of hydrogen-bond donors (Lipinski definition) is 1. The monoisotopic (exact) mass is 161 g/mol. The largest absolute Gasteiger partial charge is 0.372 e. The maximum Gasteiger partial charge on any atom is 0.102 e. The zero-order chi connectivity index (χ0) is 8.04. The van der Waals surface area contributed by atoms with Crippen LogP contribution in [0.25, 0.3) is 0 Å². The number of rotatable bonds is 5. The molecule has 0 saturated heterocycles. The van der Waals surface area contributed by atoms with Gasteiger partial charge in [0.1, 0.15) is 6.54 Å². The molecular weight excluding hydrogens is 140 g/mol. The minimum atomic E-state index is 0. The van der Waals surface area contributed by atoms with Crippen LogP contribution in [0.5, 0.6) is 0 Å². The Kier molecular flexibility index (Phi) is 7.62. The lowest BCUT2D eigenvalue weighted by molar-refractivity contribution is -0.870. The van der Waals surface area contributed by atoms with E-state index in [0.717, 1.165) is 17.6 Å². The number of nitrogens with zero attached hydrogens (tertiary/aromatic N) is 1. The highest BCUT2D eigenvalue weighted by atomic mass is 16.5. The molecule has 0 unspecified atom stereocenters. The molecule has 0 aliphatic rings. The molecule has 0 aromatic heterocycles. The van der Waals surface area contributed by atoms with Crippen molar-refractivity contribution < 1.29 is 9.22 Å². The second-order valence-electron chi connectivity index (χ2n) is 3.38. The third kappa shape index (κ3) is 12.7. The molecule has 0 aliphatic heterocycles. The molecule has 0 heterocycles. The summed E-state index contributed by atoms with van der Waals surface area (Å²) in [7, 11) is 6.45. The van der Waals surface area contributed by atoms with Gasteiger partial charge in [0, 0.05) is 0 Å². The topological polar surface area (TPSA) is 44.2 Å². The van der Waals surface area contributed by atoms with Gasteiger partial charge in [-0.05, 0) is 0 Å². The molecule has 0 bridgehead atoms. The fraction of sp³-hybridized carbons (Fsp3) is 0.750. The molecule has 0 aromatic rings. The van der Waals surface area contributed by atoms with Gasteiger partial charge in [-0.25, -0.2) is 0 Å². The third-order valence-corrected chi connectivity index (χ3v) is 1.14. The van der Waals surface area contributed by atoms with Crippen molar-refractivity contribution in [2.45, 2.75) is 0 Å². The van der Waals surface area contributed by atoms with E-state index in [2.05, 4.69) is 27.7 Å². The number of ether oxygens (including phenoxy) is 1. The lowest BCUT2D eigenvalue weighted by atomic mass is 10.5. The van der Waals surface area contributed by atoms with E-state index in [1.54, 1.807) is 6.08 Å². The number of likely N-dealkylation sites (N-methyl/N-ethyl adjacent to an activating group) is 1. The Morgan fingerprint density at radius 3 is 2.27 bits per heavy atom. The van der Waals surface area contributed by atoms with E-state index in [1.165, 1.54) is 0 Å². The first-order valence-electron chi connectivity index (χ1n) is 3.55. The van der Waals surface area contributed by atoms with Gasteiger partial charge in [-0.15, -0.1) is 6.58 Å². The van der Waals surface area contributed by atoms with Gasteiger partial charge in [0.15, 0.2) is 0 Å². The van der Waals surface area contributed by atoms with Crippen LogP contribution in [0.4, 0.5) is 0 Å². The fourth-order valence-corrected chi connectivity index (χ4v) is 0.505. The van der Waals surface area contributed by atoms with E-state index < -0.39 is 0 Å². The van der Waals surface area contributed by atoms with Crippen LogP contribution in [0.3, 0.4) is 0 Å². The maximum absolute atomic E-state index is 5.23. The SMILES string of the molecule is C=CCOCC[N+](C)(C)C.N. The summed E-state index contributed by atoms with van der Waals surface area (Å²) in [6.45, 7) is 6.10. The Labute approximate surface area is 69.8 Å². The fourth-order valence-electron chi connectivity index (χ4n) is 0.505. The van der Waals surface area contributed by atoms with Crippen molar-refractivity contribution in [3.63, 3.8) is 0 Å². The van der Waals surface area contributed by atoms with Gasteiger partial charge in [0.2, 0.25) is 0 Å². The average Bonchev–Trinajstić information content (AvgIpc) is 1.78. The minimum Gasteiger partial charge on any atom is -0.372 e. The molecule has 3 nitrogen and oxygen atoms in total. The van der Waals surface area contributed by atoms with Crippen molar-refractivity contribution in [2.75, 3.05) is 40.9 Å². The van der Waals surface area contributed by atoms with Crippen LogP contribution in [0.1, 0.15) is 0 Å². The normalized spacial score (nSPS) is 10.5. The molecule has 0 radical (unpaired) electrons. The minimum absolute atomic E-state index is 0. The molecule has 0 aromatic carbocycles. The standard InChI is InChI=1S/C8H18NO.H3N/c1-5-7-10-8-6-9(2,3)4;/h5H,1,6-8H2,2-4H3;1H3/q+1;. The van der Waals surface area contributed by atoms with Crippen LogP contribution in [0, 0.1) is 0 Å². The van der Waals surface area contributed by atoms with Crippen LogP contribution in [-0.4, -0.2) is 45.4 Å². The summed E-state index contributed by atoms with van der Waals surface area (Å²) in [6.07, 6.45) is 1.77. The second kappa shape index (κ2) is 6.34. The van der Waals surface area contributed by atoms with Crippen molar-refractivity contribution in [3.8, 4) is 0 Å². The second-order valence-corrected chi connectivity index (χ2v) is 3.38. The van der Waals surface area contributed by atoms with Crippen molar-refractivity contribution in [3.05, 3.63) is 12.7 Å². The summed E-state index contributed by atoms with van der Waals surface area (Å²) in [4.78, 5) is 0. The van der Waals surface area contributed by atoms with E-state index in [4.69, 9.17) is 4.74 Å². The van der Waals surface area contributed by atoms with Crippen molar-refractivity contribution in [1.82, 2.24) is 6.15 Å². The van der Waals surface area contributed by atoms with Gasteiger partial charge in [-0.1, -0.05) is 6.08 Å². The molecular formula is C8H21N2O+. The van der Waals surface area contributed by atoms with Gasteiger partial charge in [0.05, 0.1) is 34.4 Å². The van der Waals surface area contributed by atoms with E-state index in [-0.39, 0.29) is 6.15 Å². The Morgan fingerprint density at radius 2 is 1.91 bits per heavy atom. The third-order valence-electron chi connectivity index (χ3n) is 1.14. The van der Waals surface area contributed by atoms with Crippen LogP contribution in [0.2, 0.25) is 0 Å². The van der Waals surface area contributed by atoms with Crippen LogP contribution in [-0.2, 0) is 4.74 Å². The summed E-state index contributed by atoms with van der Waals surface area (Å²) in [5, 5.41) is 0. The lowest BCUT2D eigenvalue weighted by Gasteiger charge is -2.23. The van der Waals surface area contributed by atoms with Crippen molar-refractivity contribution in [2.24, 2.45) is 0 Å². The highest BCUT2D eigenvalue weighted by molar-refractivity contribution is 4.63. The first-order valence-corrected chi connectivity index (χ1v) is 3.55. The molecule has 0 amide bonds. The number of hydrogen-bond acceptors (Lipinski definition) is 2. The molecule has 0 fully saturated rings. The Balaban J connectivity index is 0. The predicted molar refractivity (Wildman–Crippen MR) is 48.9 cm³/mol. The first-order chi connectivity index (χ1) is 4.56. The number of quaternary nitrogens is 1. The van der Waals surface area contributed by atoms with Crippen LogP contribution in [0.15, 0.2) is 12.7 Å². The highest BCUT2D eigenvalue weighted by Gasteiger charge is 2.04. The average molecular weight is 161 g/mol. The Morgan fingerprint density at radius 1 is 1.36 bits per heavy atom. The van der Waals surface area contributed by atoms with E-state index >= 15 is 0 Å². The summed E-state index contributed by atoms with van der Waals surface area (Å²) in [5.74, 6) is 0. The van der Waals surface area contributed by atoms with Crippen LogP contribution < -0.4 is 6.15 Å². The molecule has 3 N–H and O–H groups in total. The van der Waals surface area contributed by atoms with Gasteiger partial charge in [-0.2, -0.15) is 0 Å². The van der Waals surface area contributed by atoms with Crippen molar-refractivity contribution in [1.29, 1.82) is 0 Å². The molecule has 3 heteroatoms. The van der Waals surface area contributed by atoms with Gasteiger partial charge >= 0.3 is 0 Å². The molecule has 0 spiro atoms. The molecule has 11 heavy (non-hydrogen) atoms. The summed E-state index contributed by atoms with van der Waals surface area (Å²) < 4.78 is 6.18. The van der Waals surface area contributed by atoms with Gasteiger partial charge in [0.25, 0.3) is 0 Å². The Hall–Kier alpha value is -0.380. The summed E-state index contributed by atoms with van der Waals surface area (Å²) in [5.41, 5.74) is 0. The zero-order valence-electron chi connectivity index (χ0n) is 7.97. The predicted octanol–water partition coefficient (Wildman–Crippen LogP) is 1.06. The van der Waals surface area contributed by atoms with E-state index in [9.17, 15) is 0 Å². The molecule has 0 atom stereocenters. The quantitative estimate of drug-likeness (QED) is 0.372. The highest BCUT2D eigenvalue weighted by Crippen LogP contribution is 1.88. The summed E-state index contributed by atoms with van der Waals surface area (Å²) >= 11 is 0. The van der Waals surface area contributed by atoms with Crippen LogP contribution >= 0.6 is 0 Å². The van der Waals surface area contributed by atoms with E-state index in [0.29, 0.717) is 6.61 Å². The molecule has 0 rings (SSSR count). The molecule has 0 aliphatic carbocycles. The van der Waals surface area contributed by atoms with Crippen molar-refractivity contribution >= 4 is 0 Å². The first kappa shape index (κ1) is 13.2. The summed E-state index contributed by atoms with van der Waals surface area (Å²) in [6, 6.07) is 0. The van der Waals surface area contributed by atoms with E-state index in [1.807, 2.05) is 0 Å². The lowest BCUT2D eigenvalue weighted by Crippen LogP contribution is -2.37. The molecule has 68 valence electrons. The Bertz CT molecular complexity index is 96.8. The van der Waals surface area contributed by atoms with Gasteiger partial charge in [-0.3, -0.25) is 0 Å². The molecule has 0 saturated carbocycles. The smallest absolute Gasteiger partial charge is 0.102 e.